The van der Waals surface area contributed by atoms with Crippen LogP contribution >= 0.6 is 11.3 Å². The number of aryl methyl sites for hydroxylation is 2. The molecule has 116 valence electrons. The second kappa shape index (κ2) is 7.75. The highest BCUT2D eigenvalue weighted by Crippen LogP contribution is 2.20. The number of carbonyl (C=O) groups excluding carboxylic acids is 2. The highest BCUT2D eigenvalue weighted by atomic mass is 32.1. The number of anilines is 2. The summed E-state index contributed by atoms with van der Waals surface area (Å²) < 4.78 is 0. The van der Waals surface area contributed by atoms with E-state index < -0.39 is 0 Å². The summed E-state index contributed by atoms with van der Waals surface area (Å²) in [6, 6.07) is 9.59. The van der Waals surface area contributed by atoms with E-state index >= 15 is 0 Å². The minimum Gasteiger partial charge on any atom is -0.326 e. The molecule has 0 aliphatic rings. The molecule has 22 heavy (non-hydrogen) atoms. The van der Waals surface area contributed by atoms with Gasteiger partial charge in [-0.3, -0.25) is 9.59 Å². The summed E-state index contributed by atoms with van der Waals surface area (Å²) >= 11 is 1.72. The van der Waals surface area contributed by atoms with Crippen LogP contribution in [0, 0.1) is 6.92 Å². The second-order valence-electron chi connectivity index (χ2n) is 5.19. The van der Waals surface area contributed by atoms with Gasteiger partial charge >= 0.3 is 0 Å². The van der Waals surface area contributed by atoms with Gasteiger partial charge in [0.1, 0.15) is 0 Å². The maximum Gasteiger partial charge on any atom is 0.224 e. The van der Waals surface area contributed by atoms with Gasteiger partial charge in [0.05, 0.1) is 0 Å². The molecule has 0 bridgehead atoms. The molecule has 0 saturated heterocycles. The fourth-order valence-electron chi connectivity index (χ4n) is 2.17. The molecule has 2 N–H and O–H groups in total. The maximum atomic E-state index is 11.9. The van der Waals surface area contributed by atoms with E-state index in [2.05, 4.69) is 22.1 Å². The van der Waals surface area contributed by atoms with Gasteiger partial charge in [-0.15, -0.1) is 11.3 Å². The Morgan fingerprint density at radius 1 is 1.18 bits per heavy atom. The highest BCUT2D eigenvalue weighted by Gasteiger charge is 2.06. The number of hydrogen-bond acceptors (Lipinski definition) is 3. The van der Waals surface area contributed by atoms with Crippen LogP contribution in [0.25, 0.3) is 0 Å². The zero-order valence-corrected chi connectivity index (χ0v) is 13.6. The van der Waals surface area contributed by atoms with Crippen molar-refractivity contribution >= 4 is 34.5 Å². The molecule has 1 aromatic heterocycles. The number of carbonyl (C=O) groups is 2. The zero-order valence-electron chi connectivity index (χ0n) is 12.8. The lowest BCUT2D eigenvalue weighted by Crippen LogP contribution is -2.12. The van der Waals surface area contributed by atoms with E-state index in [-0.39, 0.29) is 11.8 Å². The molecule has 0 spiro atoms. The zero-order chi connectivity index (χ0) is 15.9. The Hall–Kier alpha value is -2.14. The van der Waals surface area contributed by atoms with Gasteiger partial charge in [-0.1, -0.05) is 6.07 Å². The number of nitrogens with one attached hydrogen (secondary N) is 2. The van der Waals surface area contributed by atoms with Crippen molar-refractivity contribution < 1.29 is 9.59 Å². The molecule has 1 aromatic carbocycles. The summed E-state index contributed by atoms with van der Waals surface area (Å²) in [4.78, 5) is 24.3. The fourth-order valence-corrected chi connectivity index (χ4v) is 2.92. The van der Waals surface area contributed by atoms with Gasteiger partial charge < -0.3 is 10.6 Å². The van der Waals surface area contributed by atoms with Crippen molar-refractivity contribution in [3.63, 3.8) is 0 Å². The standard InChI is InChI=1S/C17H20N2O2S/c1-12-11-14(8-9-16(12)18-13(2)20)19-17(21)7-3-5-15-6-4-10-22-15/h4,6,8-11H,3,5,7H2,1-2H3,(H,18,20)(H,19,21). The first kappa shape index (κ1) is 16.2. The van der Waals surface area contributed by atoms with E-state index in [1.807, 2.05) is 19.1 Å². The number of hydrogen-bond donors (Lipinski definition) is 2. The van der Waals surface area contributed by atoms with E-state index in [1.165, 1.54) is 11.8 Å². The normalized spacial score (nSPS) is 10.3. The van der Waals surface area contributed by atoms with Crippen molar-refractivity contribution in [2.45, 2.75) is 33.1 Å². The van der Waals surface area contributed by atoms with Gasteiger partial charge in [-0.25, -0.2) is 0 Å². The molecule has 5 heteroatoms. The van der Waals surface area contributed by atoms with Crippen molar-refractivity contribution in [2.75, 3.05) is 10.6 Å². The van der Waals surface area contributed by atoms with Crippen LogP contribution in [0.4, 0.5) is 11.4 Å². The van der Waals surface area contributed by atoms with Gasteiger partial charge in [0.15, 0.2) is 0 Å². The molecule has 0 radical (unpaired) electrons. The molecule has 0 fully saturated rings. The minimum atomic E-state index is -0.103. The molecule has 0 aliphatic heterocycles. The molecular weight excluding hydrogens is 296 g/mol. The summed E-state index contributed by atoms with van der Waals surface area (Å²) in [5.74, 6) is -0.0864. The third kappa shape index (κ3) is 5.00. The Balaban J connectivity index is 1.83. The lowest BCUT2D eigenvalue weighted by atomic mass is 10.1. The molecule has 2 rings (SSSR count). The van der Waals surface area contributed by atoms with Crippen molar-refractivity contribution in [2.24, 2.45) is 0 Å². The van der Waals surface area contributed by atoms with Gasteiger partial charge in [-0.2, -0.15) is 0 Å². The minimum absolute atomic E-state index is 0.0169. The van der Waals surface area contributed by atoms with Gasteiger partial charge in [-0.05, 0) is 55.0 Å². The lowest BCUT2D eigenvalue weighted by Gasteiger charge is -2.10. The summed E-state index contributed by atoms with van der Waals surface area (Å²) in [7, 11) is 0. The van der Waals surface area contributed by atoms with Crippen LogP contribution in [-0.2, 0) is 16.0 Å². The Morgan fingerprint density at radius 2 is 2.00 bits per heavy atom. The monoisotopic (exact) mass is 316 g/mol. The third-order valence-electron chi connectivity index (χ3n) is 3.23. The summed E-state index contributed by atoms with van der Waals surface area (Å²) in [5, 5.41) is 7.70. The third-order valence-corrected chi connectivity index (χ3v) is 4.16. The maximum absolute atomic E-state index is 11.9. The number of rotatable bonds is 6. The fraction of sp³-hybridized carbons (Fsp3) is 0.294. The van der Waals surface area contributed by atoms with Crippen LogP contribution in [0.5, 0.6) is 0 Å². The van der Waals surface area contributed by atoms with Gasteiger partial charge in [0, 0.05) is 29.6 Å². The first-order chi connectivity index (χ1) is 10.5. The smallest absolute Gasteiger partial charge is 0.224 e. The average molecular weight is 316 g/mol. The molecule has 0 unspecified atom stereocenters. The van der Waals surface area contributed by atoms with Crippen molar-refractivity contribution in [1.29, 1.82) is 0 Å². The Morgan fingerprint density at radius 3 is 2.64 bits per heavy atom. The number of benzene rings is 1. The van der Waals surface area contributed by atoms with E-state index in [1.54, 1.807) is 23.5 Å². The molecule has 2 amide bonds. The Labute approximate surface area is 134 Å². The Bertz CT molecular complexity index is 651. The molecule has 0 atom stereocenters. The molecule has 1 heterocycles. The lowest BCUT2D eigenvalue weighted by molar-refractivity contribution is -0.116. The van der Waals surface area contributed by atoms with Gasteiger partial charge in [0.2, 0.25) is 11.8 Å². The number of amides is 2. The van der Waals surface area contributed by atoms with Crippen LogP contribution in [-0.4, -0.2) is 11.8 Å². The van der Waals surface area contributed by atoms with Crippen LogP contribution in [0.2, 0.25) is 0 Å². The van der Waals surface area contributed by atoms with E-state index in [0.29, 0.717) is 6.42 Å². The van der Waals surface area contributed by atoms with Crippen LogP contribution in [0.1, 0.15) is 30.2 Å². The molecular formula is C17H20N2O2S. The predicted molar refractivity (Wildman–Crippen MR) is 91.4 cm³/mol. The first-order valence-electron chi connectivity index (χ1n) is 7.25. The predicted octanol–water partition coefficient (Wildman–Crippen LogP) is 3.98. The largest absolute Gasteiger partial charge is 0.326 e. The van der Waals surface area contributed by atoms with Crippen molar-refractivity contribution in [1.82, 2.24) is 0 Å². The molecule has 0 saturated carbocycles. The van der Waals surface area contributed by atoms with Crippen molar-refractivity contribution in [3.05, 3.63) is 46.2 Å². The Kier molecular flexibility index (Phi) is 5.72. The summed E-state index contributed by atoms with van der Waals surface area (Å²) in [5.41, 5.74) is 2.45. The molecule has 0 aliphatic carbocycles. The van der Waals surface area contributed by atoms with E-state index in [0.717, 1.165) is 29.8 Å². The molecule has 2 aromatic rings. The van der Waals surface area contributed by atoms with Crippen LogP contribution in [0.15, 0.2) is 35.7 Å². The first-order valence-corrected chi connectivity index (χ1v) is 8.13. The quantitative estimate of drug-likeness (QED) is 0.847. The van der Waals surface area contributed by atoms with E-state index in [4.69, 9.17) is 0 Å². The number of thiophene rings is 1. The van der Waals surface area contributed by atoms with Crippen molar-refractivity contribution in [3.8, 4) is 0 Å². The summed E-state index contributed by atoms with van der Waals surface area (Å²) in [6.45, 7) is 3.38. The van der Waals surface area contributed by atoms with Crippen LogP contribution < -0.4 is 10.6 Å². The topological polar surface area (TPSA) is 58.2 Å². The average Bonchev–Trinajstić information content (AvgIpc) is 2.95. The highest BCUT2D eigenvalue weighted by molar-refractivity contribution is 7.09. The van der Waals surface area contributed by atoms with E-state index in [9.17, 15) is 9.59 Å². The second-order valence-corrected chi connectivity index (χ2v) is 6.22. The van der Waals surface area contributed by atoms with Crippen LogP contribution in [0.3, 0.4) is 0 Å². The summed E-state index contributed by atoms with van der Waals surface area (Å²) in [6.07, 6.45) is 2.28. The van der Waals surface area contributed by atoms with Gasteiger partial charge in [0.25, 0.3) is 0 Å². The SMILES string of the molecule is CC(=O)Nc1ccc(NC(=O)CCCc2cccs2)cc1C. The molecule has 4 nitrogen and oxygen atoms in total.